The zero-order valence-electron chi connectivity index (χ0n) is 8.98. The van der Waals surface area contributed by atoms with Crippen molar-refractivity contribution in [1.29, 1.82) is 0 Å². The third-order valence-electron chi connectivity index (χ3n) is 1.92. The summed E-state index contributed by atoms with van der Waals surface area (Å²) < 4.78 is 0.729. The van der Waals surface area contributed by atoms with E-state index < -0.39 is 24.6 Å². The van der Waals surface area contributed by atoms with Gasteiger partial charge in [-0.2, -0.15) is 0 Å². The number of carboxylic acids is 1. The Morgan fingerprint density at radius 1 is 1.44 bits per heavy atom. The number of rotatable bonds is 4. The second-order valence-electron chi connectivity index (χ2n) is 3.31. The molecule has 0 saturated heterocycles. The molecule has 1 aromatic rings. The minimum Gasteiger partial charge on any atom is -0.479 e. The number of aliphatic hydroxyl groups excluding tert-OH is 1. The van der Waals surface area contributed by atoms with Gasteiger partial charge in [0.1, 0.15) is 0 Å². The summed E-state index contributed by atoms with van der Waals surface area (Å²) in [5.74, 6) is -1.41. The molecule has 8 heteroatoms. The van der Waals surface area contributed by atoms with E-state index in [1.54, 1.807) is 18.2 Å². The van der Waals surface area contributed by atoms with Crippen LogP contribution >= 0.6 is 27.5 Å². The van der Waals surface area contributed by atoms with Crippen molar-refractivity contribution in [2.75, 3.05) is 11.9 Å². The van der Waals surface area contributed by atoms with Gasteiger partial charge in [-0.25, -0.2) is 9.59 Å². The average Bonchev–Trinajstić information content (AvgIpc) is 2.30. The molecule has 1 atom stereocenters. The highest BCUT2D eigenvalue weighted by atomic mass is 79.9. The van der Waals surface area contributed by atoms with Crippen molar-refractivity contribution in [2.24, 2.45) is 0 Å². The second-order valence-corrected chi connectivity index (χ2v) is 4.64. The molecule has 0 radical (unpaired) electrons. The lowest BCUT2D eigenvalue weighted by Crippen LogP contribution is -2.38. The Labute approximate surface area is 116 Å². The van der Waals surface area contributed by atoms with Gasteiger partial charge in [-0.15, -0.1) is 0 Å². The van der Waals surface area contributed by atoms with E-state index in [2.05, 4.69) is 26.6 Å². The van der Waals surface area contributed by atoms with Gasteiger partial charge in [0.15, 0.2) is 6.10 Å². The summed E-state index contributed by atoms with van der Waals surface area (Å²) in [7, 11) is 0. The molecule has 0 aliphatic rings. The van der Waals surface area contributed by atoms with Crippen LogP contribution < -0.4 is 10.6 Å². The van der Waals surface area contributed by atoms with Gasteiger partial charge in [0.05, 0.1) is 17.3 Å². The molecule has 98 valence electrons. The maximum absolute atomic E-state index is 11.4. The van der Waals surface area contributed by atoms with Crippen molar-refractivity contribution in [3.63, 3.8) is 0 Å². The Bertz CT molecular complexity index is 469. The SMILES string of the molecule is O=C(NC[C@H](O)C(=O)O)Nc1cc(Br)ccc1Cl. The molecule has 0 heterocycles. The number of halogens is 2. The number of carboxylic acid groups (broad SMARTS) is 1. The second kappa shape index (κ2) is 6.58. The van der Waals surface area contributed by atoms with E-state index in [1.807, 2.05) is 0 Å². The first-order valence-electron chi connectivity index (χ1n) is 4.81. The topological polar surface area (TPSA) is 98.7 Å². The lowest BCUT2D eigenvalue weighted by Gasteiger charge is -2.10. The fourth-order valence-corrected chi connectivity index (χ4v) is 1.56. The van der Waals surface area contributed by atoms with Crippen LogP contribution in [0.3, 0.4) is 0 Å². The quantitative estimate of drug-likeness (QED) is 0.671. The molecule has 0 saturated carbocycles. The number of hydrogen-bond donors (Lipinski definition) is 4. The van der Waals surface area contributed by atoms with Crippen LogP contribution in [-0.2, 0) is 4.79 Å². The third-order valence-corrected chi connectivity index (χ3v) is 2.74. The summed E-state index contributed by atoms with van der Waals surface area (Å²) in [5.41, 5.74) is 0.369. The number of carbonyl (C=O) groups is 2. The van der Waals surface area contributed by atoms with Crippen molar-refractivity contribution in [1.82, 2.24) is 5.32 Å². The summed E-state index contributed by atoms with van der Waals surface area (Å²) in [6, 6.07) is 4.23. The highest BCUT2D eigenvalue weighted by molar-refractivity contribution is 9.10. The van der Waals surface area contributed by atoms with Crippen LogP contribution in [0.25, 0.3) is 0 Å². The number of carbonyl (C=O) groups excluding carboxylic acids is 1. The number of aliphatic carboxylic acids is 1. The molecule has 2 amide bonds. The number of nitrogens with one attached hydrogen (secondary N) is 2. The first-order valence-corrected chi connectivity index (χ1v) is 5.98. The van der Waals surface area contributed by atoms with E-state index in [9.17, 15) is 9.59 Å². The normalized spacial score (nSPS) is 11.7. The maximum Gasteiger partial charge on any atom is 0.334 e. The highest BCUT2D eigenvalue weighted by Gasteiger charge is 2.14. The molecule has 0 bridgehead atoms. The van der Waals surface area contributed by atoms with Crippen molar-refractivity contribution < 1.29 is 19.8 Å². The summed E-state index contributed by atoms with van der Waals surface area (Å²) in [5, 5.41) is 22.4. The average molecular weight is 338 g/mol. The van der Waals surface area contributed by atoms with Gasteiger partial charge in [-0.1, -0.05) is 27.5 Å². The Morgan fingerprint density at radius 3 is 2.72 bits per heavy atom. The van der Waals surface area contributed by atoms with Crippen LogP contribution in [0.15, 0.2) is 22.7 Å². The number of anilines is 1. The van der Waals surface area contributed by atoms with Gasteiger partial charge >= 0.3 is 12.0 Å². The van der Waals surface area contributed by atoms with Crippen LogP contribution in [0, 0.1) is 0 Å². The van der Waals surface area contributed by atoms with Crippen molar-refractivity contribution in [3.05, 3.63) is 27.7 Å². The lowest BCUT2D eigenvalue weighted by molar-refractivity contribution is -0.146. The minimum absolute atomic E-state index is 0.340. The van der Waals surface area contributed by atoms with E-state index >= 15 is 0 Å². The number of benzene rings is 1. The van der Waals surface area contributed by atoms with Gasteiger partial charge < -0.3 is 20.8 Å². The van der Waals surface area contributed by atoms with Crippen LogP contribution in [-0.4, -0.2) is 34.9 Å². The van der Waals surface area contributed by atoms with Crippen LogP contribution in [0.2, 0.25) is 5.02 Å². The number of aliphatic hydroxyl groups is 1. The largest absolute Gasteiger partial charge is 0.479 e. The predicted octanol–water partition coefficient (Wildman–Crippen LogP) is 1.67. The molecule has 0 aliphatic heterocycles. The molecule has 6 nitrogen and oxygen atoms in total. The lowest BCUT2D eigenvalue weighted by atomic mass is 10.3. The minimum atomic E-state index is -1.64. The summed E-state index contributed by atoms with van der Waals surface area (Å²) in [6.45, 7) is -0.396. The van der Waals surface area contributed by atoms with Crippen LogP contribution in [0.1, 0.15) is 0 Å². The van der Waals surface area contributed by atoms with E-state index in [-0.39, 0.29) is 0 Å². The monoisotopic (exact) mass is 336 g/mol. The van der Waals surface area contributed by atoms with Crippen LogP contribution in [0.5, 0.6) is 0 Å². The smallest absolute Gasteiger partial charge is 0.334 e. The molecule has 4 N–H and O–H groups in total. The van der Waals surface area contributed by atoms with E-state index in [0.29, 0.717) is 10.7 Å². The summed E-state index contributed by atoms with van der Waals surface area (Å²) >= 11 is 9.07. The van der Waals surface area contributed by atoms with E-state index in [0.717, 1.165) is 4.47 Å². The zero-order chi connectivity index (χ0) is 13.7. The Kier molecular flexibility index (Phi) is 5.39. The fraction of sp³-hybridized carbons (Fsp3) is 0.200. The van der Waals surface area contributed by atoms with Gasteiger partial charge in [0.2, 0.25) is 0 Å². The molecule has 1 rings (SSSR count). The molecule has 18 heavy (non-hydrogen) atoms. The van der Waals surface area contributed by atoms with Crippen molar-refractivity contribution in [2.45, 2.75) is 6.10 Å². The van der Waals surface area contributed by atoms with Gasteiger partial charge in [-0.05, 0) is 18.2 Å². The predicted molar refractivity (Wildman–Crippen MR) is 69.8 cm³/mol. The molecule has 0 unspecified atom stereocenters. The molecule has 0 aliphatic carbocycles. The van der Waals surface area contributed by atoms with E-state index in [4.69, 9.17) is 21.8 Å². The Hall–Kier alpha value is -1.31. The Morgan fingerprint density at radius 2 is 2.11 bits per heavy atom. The molecule has 1 aromatic carbocycles. The van der Waals surface area contributed by atoms with Gasteiger partial charge in [0, 0.05) is 4.47 Å². The Balaban J connectivity index is 2.54. The first-order chi connectivity index (χ1) is 8.40. The molecular weight excluding hydrogens is 327 g/mol. The zero-order valence-corrected chi connectivity index (χ0v) is 11.3. The molecule has 0 aromatic heterocycles. The third kappa shape index (κ3) is 4.52. The van der Waals surface area contributed by atoms with Crippen molar-refractivity contribution in [3.8, 4) is 0 Å². The van der Waals surface area contributed by atoms with E-state index in [1.165, 1.54) is 0 Å². The van der Waals surface area contributed by atoms with Crippen molar-refractivity contribution >= 4 is 45.2 Å². The van der Waals surface area contributed by atoms with Gasteiger partial charge in [-0.3, -0.25) is 0 Å². The molecule has 0 spiro atoms. The standard InChI is InChI=1S/C10H10BrClN2O4/c11-5-1-2-6(12)7(3-5)14-10(18)13-4-8(15)9(16)17/h1-3,8,15H,4H2,(H,16,17)(H2,13,14,18)/t8-/m0/s1. The fourth-order valence-electron chi connectivity index (χ4n) is 1.04. The van der Waals surface area contributed by atoms with Gasteiger partial charge in [0.25, 0.3) is 0 Å². The number of hydrogen-bond acceptors (Lipinski definition) is 3. The molecule has 0 fully saturated rings. The molecular formula is C10H10BrClN2O4. The van der Waals surface area contributed by atoms with Crippen LogP contribution in [0.4, 0.5) is 10.5 Å². The number of urea groups is 1. The first kappa shape index (κ1) is 14.7. The number of amides is 2. The highest BCUT2D eigenvalue weighted by Crippen LogP contribution is 2.25. The summed E-state index contributed by atoms with van der Waals surface area (Å²) in [6.07, 6.45) is -1.64. The maximum atomic E-state index is 11.4. The summed E-state index contributed by atoms with van der Waals surface area (Å²) in [4.78, 5) is 21.7.